The van der Waals surface area contributed by atoms with E-state index >= 15 is 0 Å². The van der Waals surface area contributed by atoms with Gasteiger partial charge in [-0.15, -0.1) is 0 Å². The van der Waals surface area contributed by atoms with Crippen LogP contribution in [0.3, 0.4) is 0 Å². The maximum Gasteiger partial charge on any atom is 0.397 e. The van der Waals surface area contributed by atoms with E-state index in [0.29, 0.717) is 12.8 Å². The van der Waals surface area contributed by atoms with Crippen LogP contribution in [0.4, 0.5) is 0 Å². The molecule has 6 N–H and O–H groups in total. The van der Waals surface area contributed by atoms with Crippen LogP contribution in [0.5, 0.6) is 0 Å². The smallest absolute Gasteiger partial charge is 0.394 e. The van der Waals surface area contributed by atoms with E-state index in [1.54, 1.807) is 0 Å². The van der Waals surface area contributed by atoms with Gasteiger partial charge >= 0.3 is 10.4 Å². The number of carbonyl (C=O) groups is 1. The molecule has 0 aromatic rings. The average Bonchev–Trinajstić information content (AvgIpc) is 3.40. The van der Waals surface area contributed by atoms with Gasteiger partial charge in [0.05, 0.1) is 25.4 Å². The van der Waals surface area contributed by atoms with E-state index in [0.717, 1.165) is 57.8 Å². The number of ether oxygens (including phenoxy) is 2. The fourth-order valence-electron chi connectivity index (χ4n) is 10.6. The van der Waals surface area contributed by atoms with E-state index in [1.807, 2.05) is 0 Å². The summed E-state index contributed by atoms with van der Waals surface area (Å²) in [6.07, 6.45) is 57.6. The predicted molar refractivity (Wildman–Crippen MR) is 315 cm³/mol. The summed E-state index contributed by atoms with van der Waals surface area (Å²) < 4.78 is 48.0. The Kier molecular flexibility index (Phi) is 50.6. The zero-order valence-electron chi connectivity index (χ0n) is 49.1. The second-order valence-corrected chi connectivity index (χ2v) is 23.8. The van der Waals surface area contributed by atoms with Crippen LogP contribution < -0.4 is 5.32 Å². The van der Waals surface area contributed by atoms with Crippen molar-refractivity contribution >= 4 is 16.3 Å². The number of carbonyl (C=O) groups excluding carboxylic acids is 1. The lowest BCUT2D eigenvalue weighted by Gasteiger charge is -2.41. The van der Waals surface area contributed by atoms with Gasteiger partial charge in [-0.3, -0.25) is 9.35 Å². The largest absolute Gasteiger partial charge is 0.397 e. The summed E-state index contributed by atoms with van der Waals surface area (Å²) in [5, 5.41) is 45.3. The molecule has 7 atom stereocenters. The molecular weight excluding hydrogens is 979 g/mol. The van der Waals surface area contributed by atoms with Crippen LogP contribution in [0.15, 0.2) is 24.3 Å². The maximum absolute atomic E-state index is 13.2. The molecule has 12 nitrogen and oxygen atoms in total. The summed E-state index contributed by atoms with van der Waals surface area (Å²) in [4.78, 5) is 13.2. The number of amides is 1. The molecule has 0 aromatic heterocycles. The van der Waals surface area contributed by atoms with Gasteiger partial charge in [0.25, 0.3) is 0 Å². The Morgan fingerprint density at radius 3 is 1.25 bits per heavy atom. The molecule has 1 amide bonds. The lowest BCUT2D eigenvalue weighted by molar-refractivity contribution is -0.298. The monoisotopic (exact) mass is 1100 g/mol. The highest BCUT2D eigenvalue weighted by Gasteiger charge is 2.48. The molecule has 76 heavy (non-hydrogen) atoms. The molecule has 0 radical (unpaired) electrons. The van der Waals surface area contributed by atoms with Crippen LogP contribution in [0.2, 0.25) is 0 Å². The van der Waals surface area contributed by atoms with Crippen molar-refractivity contribution < 1.29 is 51.8 Å². The lowest BCUT2D eigenvalue weighted by atomic mass is 9.99. The minimum absolute atomic E-state index is 0.229. The Bertz CT molecular complexity index is 1430. The molecule has 0 aliphatic carbocycles. The number of hydrogen-bond donors (Lipinski definition) is 6. The molecule has 0 spiro atoms. The summed E-state index contributed by atoms with van der Waals surface area (Å²) in [5.41, 5.74) is 0. The SMILES string of the molecule is CCCCCCCCCCC/C=C\C/C=C\CCCCCCCCCCCC(=O)NC(COC1OC(CO)C(O)C(OS(=O)(=O)O)C1O)C(O)CCCCCCCCCCCCCCCCCCCCCCCCCC. The maximum atomic E-state index is 13.2. The van der Waals surface area contributed by atoms with Gasteiger partial charge in [-0.1, -0.05) is 289 Å². The fraction of sp³-hybridized carbons (Fsp3) is 0.921. The highest BCUT2D eigenvalue weighted by atomic mass is 32.3. The third-order valence-corrected chi connectivity index (χ3v) is 16.0. The Morgan fingerprint density at radius 2 is 0.882 bits per heavy atom. The lowest BCUT2D eigenvalue weighted by Crippen LogP contribution is -2.61. The second-order valence-electron chi connectivity index (χ2n) is 22.7. The molecule has 0 aromatic carbocycles. The molecule has 0 saturated carbocycles. The van der Waals surface area contributed by atoms with Gasteiger partial charge in [-0.25, -0.2) is 4.18 Å². The van der Waals surface area contributed by atoms with Gasteiger partial charge in [-0.2, -0.15) is 8.42 Å². The minimum Gasteiger partial charge on any atom is -0.394 e. The van der Waals surface area contributed by atoms with E-state index in [1.165, 1.54) is 225 Å². The summed E-state index contributed by atoms with van der Waals surface area (Å²) in [6.45, 7) is 3.50. The quantitative estimate of drug-likeness (QED) is 0.0193. The van der Waals surface area contributed by atoms with Crippen LogP contribution in [-0.4, -0.2) is 95.4 Å². The number of aliphatic hydroxyl groups is 4. The summed E-state index contributed by atoms with van der Waals surface area (Å²) >= 11 is 0. The molecule has 1 aliphatic rings. The van der Waals surface area contributed by atoms with E-state index in [9.17, 15) is 38.2 Å². The molecule has 1 saturated heterocycles. The van der Waals surface area contributed by atoms with E-state index in [4.69, 9.17) is 9.47 Å². The van der Waals surface area contributed by atoms with Crippen molar-refractivity contribution in [1.29, 1.82) is 0 Å². The van der Waals surface area contributed by atoms with Crippen molar-refractivity contribution in [3.05, 3.63) is 24.3 Å². The van der Waals surface area contributed by atoms with E-state index in [2.05, 4.69) is 47.7 Å². The number of aliphatic hydroxyl groups excluding tert-OH is 4. The van der Waals surface area contributed by atoms with Crippen LogP contribution in [0.25, 0.3) is 0 Å². The second kappa shape index (κ2) is 52.9. The molecule has 1 fully saturated rings. The van der Waals surface area contributed by atoms with Crippen molar-refractivity contribution in [3.8, 4) is 0 Å². The third kappa shape index (κ3) is 44.3. The van der Waals surface area contributed by atoms with Crippen LogP contribution >= 0.6 is 0 Å². The molecule has 1 heterocycles. The average molecular weight is 1100 g/mol. The number of unbranched alkanes of at least 4 members (excludes halogenated alkanes) is 41. The molecular formula is C63H121NO11S. The number of hydrogen-bond acceptors (Lipinski definition) is 10. The number of nitrogens with one attached hydrogen (secondary N) is 1. The Labute approximate surface area is 467 Å². The van der Waals surface area contributed by atoms with E-state index in [-0.39, 0.29) is 18.9 Å². The van der Waals surface area contributed by atoms with Crippen molar-refractivity contribution in [2.24, 2.45) is 0 Å². The van der Waals surface area contributed by atoms with Crippen molar-refractivity contribution in [2.45, 2.75) is 358 Å². The zero-order valence-corrected chi connectivity index (χ0v) is 49.9. The Balaban J connectivity index is 2.30. The molecule has 1 aliphatic heterocycles. The highest BCUT2D eigenvalue weighted by molar-refractivity contribution is 7.80. The first-order valence-electron chi connectivity index (χ1n) is 32.2. The summed E-state index contributed by atoms with van der Waals surface area (Å²) in [6, 6.07) is -0.861. The third-order valence-electron chi connectivity index (χ3n) is 15.5. The fourth-order valence-corrected chi connectivity index (χ4v) is 11.1. The first-order chi connectivity index (χ1) is 37.0. The Morgan fingerprint density at radius 1 is 0.526 bits per heavy atom. The van der Waals surface area contributed by atoms with Gasteiger partial charge in [0.15, 0.2) is 6.29 Å². The Hall–Kier alpha value is -1.42. The molecule has 450 valence electrons. The van der Waals surface area contributed by atoms with Crippen LogP contribution in [0, 0.1) is 0 Å². The number of allylic oxidation sites excluding steroid dienone is 4. The van der Waals surface area contributed by atoms with Gasteiger partial charge in [0, 0.05) is 6.42 Å². The topological polar surface area (TPSA) is 192 Å². The highest BCUT2D eigenvalue weighted by Crippen LogP contribution is 2.26. The van der Waals surface area contributed by atoms with Gasteiger partial charge in [0.1, 0.15) is 24.4 Å². The van der Waals surface area contributed by atoms with Crippen LogP contribution in [-0.2, 0) is 28.9 Å². The predicted octanol–water partition coefficient (Wildman–Crippen LogP) is 16.0. The first kappa shape index (κ1) is 72.6. The van der Waals surface area contributed by atoms with Crippen molar-refractivity contribution in [2.75, 3.05) is 13.2 Å². The van der Waals surface area contributed by atoms with Gasteiger partial charge < -0.3 is 35.2 Å². The standard InChI is InChI=1S/C63H121NO11S/c1-3-5-7-9-11-13-15-17-19-21-23-25-27-29-31-33-35-37-39-41-43-45-47-49-51-53-59(67)64-56(55-73-63-61(69)62(75-76(70,71)72)60(68)58(54-65)74-63)57(66)52-50-48-46-44-42-40-38-36-34-32-30-28-26-24-22-20-18-16-14-12-10-8-6-4-2/h23,25,29,31,56-58,60-63,65-66,68-69H,3-22,24,26-28,30,32-55H2,1-2H3,(H,64,67)(H,70,71,72)/b25-23-,31-29-. The summed E-state index contributed by atoms with van der Waals surface area (Å²) in [5.74, 6) is -0.229. The van der Waals surface area contributed by atoms with Gasteiger partial charge in [0.2, 0.25) is 5.91 Å². The molecule has 7 unspecified atom stereocenters. The molecule has 1 rings (SSSR count). The van der Waals surface area contributed by atoms with Crippen LogP contribution in [0.1, 0.15) is 316 Å². The molecule has 0 bridgehead atoms. The minimum atomic E-state index is -5.08. The molecule has 13 heteroatoms. The van der Waals surface area contributed by atoms with Crippen molar-refractivity contribution in [1.82, 2.24) is 5.32 Å². The summed E-state index contributed by atoms with van der Waals surface area (Å²) in [7, 11) is -5.08. The van der Waals surface area contributed by atoms with Gasteiger partial charge in [-0.05, 0) is 44.9 Å². The first-order valence-corrected chi connectivity index (χ1v) is 33.6. The normalized spacial score (nSPS) is 19.1. The zero-order chi connectivity index (χ0) is 55.4. The van der Waals surface area contributed by atoms with Crippen molar-refractivity contribution in [3.63, 3.8) is 0 Å². The van der Waals surface area contributed by atoms with E-state index < -0.39 is 59.9 Å². The number of rotatable bonds is 57.